The van der Waals surface area contributed by atoms with Crippen LogP contribution in [0.1, 0.15) is 72.3 Å². The number of anilines is 1. The molecule has 0 spiro atoms. The standard InChI is InChI=1S/C30H34N8O4/c31-21-11-17-7-9-19(21)15-35-29(41)25-5-2-6-26(38-25)30(42)36-16-20-10-8-18(12-22(20)32)14-34-28(40)24-4-1-3-23(37-24)27(39)33-13-17/h1-7,9,11,18,20,22H,8,10,12-16,31-32H2,(H,33,39)(H,34,40)(H,35,41)(H,36,42)/t18-,20-,22-/m1/s1. The lowest BCUT2D eigenvalue weighted by Crippen LogP contribution is -2.45. The number of nitrogens with two attached hydrogens (primary N) is 2. The second-order valence-corrected chi connectivity index (χ2v) is 10.7. The highest BCUT2D eigenvalue weighted by atomic mass is 16.2. The summed E-state index contributed by atoms with van der Waals surface area (Å²) >= 11 is 0. The normalized spacial score (nSPS) is 22.1. The molecule has 8 N–H and O–H groups in total. The van der Waals surface area contributed by atoms with E-state index in [-0.39, 0.29) is 65.6 Å². The van der Waals surface area contributed by atoms with Crippen LogP contribution in [0.3, 0.4) is 0 Å². The summed E-state index contributed by atoms with van der Waals surface area (Å²) in [7, 11) is 0. The number of nitrogen functional groups attached to an aromatic ring is 1. The number of benzene rings is 1. The molecule has 12 nitrogen and oxygen atoms in total. The molecule has 3 aromatic rings. The Labute approximate surface area is 243 Å². The zero-order chi connectivity index (χ0) is 29.6. The number of amides is 4. The summed E-state index contributed by atoms with van der Waals surface area (Å²) in [5.74, 6) is -1.36. The molecule has 4 amide bonds. The molecule has 2 aromatic heterocycles. The highest BCUT2D eigenvalue weighted by Crippen LogP contribution is 2.27. The van der Waals surface area contributed by atoms with Crippen LogP contribution in [0.2, 0.25) is 0 Å². The van der Waals surface area contributed by atoms with Gasteiger partial charge in [0.1, 0.15) is 22.8 Å². The van der Waals surface area contributed by atoms with Crippen molar-refractivity contribution in [1.29, 1.82) is 0 Å². The van der Waals surface area contributed by atoms with Gasteiger partial charge < -0.3 is 32.7 Å². The number of pyridine rings is 2. The van der Waals surface area contributed by atoms with Crippen LogP contribution in [-0.4, -0.2) is 52.7 Å². The lowest BCUT2D eigenvalue weighted by atomic mass is 9.78. The molecule has 1 saturated carbocycles. The number of carbonyl (C=O) groups is 4. The summed E-state index contributed by atoms with van der Waals surface area (Å²) in [4.78, 5) is 59.7. The molecule has 218 valence electrons. The van der Waals surface area contributed by atoms with Crippen LogP contribution in [0.5, 0.6) is 0 Å². The van der Waals surface area contributed by atoms with Crippen LogP contribution in [0.4, 0.5) is 5.69 Å². The molecule has 3 atom stereocenters. The first kappa shape index (κ1) is 28.7. The topological polar surface area (TPSA) is 194 Å². The Morgan fingerprint density at radius 1 is 0.667 bits per heavy atom. The van der Waals surface area contributed by atoms with Crippen molar-refractivity contribution in [3.05, 3.63) is 88.5 Å². The molecule has 6 heterocycles. The van der Waals surface area contributed by atoms with E-state index in [1.54, 1.807) is 48.5 Å². The molecule has 1 aliphatic carbocycles. The van der Waals surface area contributed by atoms with Crippen molar-refractivity contribution in [3.8, 4) is 0 Å². The second kappa shape index (κ2) is 12.8. The van der Waals surface area contributed by atoms with Crippen LogP contribution in [-0.2, 0) is 13.1 Å². The van der Waals surface area contributed by atoms with Gasteiger partial charge in [-0.25, -0.2) is 9.97 Å². The summed E-state index contributed by atoms with van der Waals surface area (Å²) in [6.07, 6.45) is 2.31. The Balaban J connectivity index is 1.35. The van der Waals surface area contributed by atoms with Gasteiger partial charge in [-0.15, -0.1) is 0 Å². The Hall–Kier alpha value is -4.84. The van der Waals surface area contributed by atoms with E-state index in [4.69, 9.17) is 11.5 Å². The van der Waals surface area contributed by atoms with Crippen molar-refractivity contribution in [2.45, 2.75) is 38.4 Å². The van der Waals surface area contributed by atoms with E-state index in [0.29, 0.717) is 30.8 Å². The minimum Gasteiger partial charge on any atom is -0.398 e. The molecule has 8 bridgehead atoms. The number of aromatic nitrogens is 2. The summed E-state index contributed by atoms with van der Waals surface area (Å²) in [5, 5.41) is 11.4. The third-order valence-corrected chi connectivity index (χ3v) is 7.76. The van der Waals surface area contributed by atoms with Gasteiger partial charge in [0.2, 0.25) is 0 Å². The molecule has 4 aliphatic heterocycles. The van der Waals surface area contributed by atoms with E-state index >= 15 is 0 Å². The fourth-order valence-electron chi connectivity index (χ4n) is 5.27. The molecular formula is C30H34N8O4. The van der Waals surface area contributed by atoms with Gasteiger partial charge in [0.25, 0.3) is 23.6 Å². The Morgan fingerprint density at radius 3 is 1.79 bits per heavy atom. The molecule has 5 aliphatic rings. The van der Waals surface area contributed by atoms with Crippen LogP contribution >= 0.6 is 0 Å². The highest BCUT2D eigenvalue weighted by molar-refractivity contribution is 5.97. The molecular weight excluding hydrogens is 536 g/mol. The summed E-state index contributed by atoms with van der Waals surface area (Å²) in [6, 6.07) is 14.6. The van der Waals surface area contributed by atoms with Crippen molar-refractivity contribution in [1.82, 2.24) is 31.2 Å². The quantitative estimate of drug-likeness (QED) is 0.216. The largest absolute Gasteiger partial charge is 0.398 e. The molecule has 1 aromatic carbocycles. The molecule has 8 rings (SSSR count). The fraction of sp³-hybridized carbons (Fsp3) is 0.333. The van der Waals surface area contributed by atoms with E-state index in [0.717, 1.165) is 18.4 Å². The zero-order valence-corrected chi connectivity index (χ0v) is 23.1. The van der Waals surface area contributed by atoms with Crippen molar-refractivity contribution < 1.29 is 19.2 Å². The van der Waals surface area contributed by atoms with Gasteiger partial charge in [0.05, 0.1) is 0 Å². The van der Waals surface area contributed by atoms with Gasteiger partial charge in [-0.05, 0) is 72.6 Å². The Morgan fingerprint density at radius 2 is 1.21 bits per heavy atom. The minimum atomic E-state index is -0.441. The van der Waals surface area contributed by atoms with E-state index in [1.165, 1.54) is 6.07 Å². The van der Waals surface area contributed by atoms with Crippen molar-refractivity contribution in [3.63, 3.8) is 0 Å². The second-order valence-electron chi connectivity index (χ2n) is 10.7. The third kappa shape index (κ3) is 6.89. The number of rotatable bonds is 0. The highest BCUT2D eigenvalue weighted by Gasteiger charge is 2.29. The minimum absolute atomic E-state index is 0.0691. The van der Waals surface area contributed by atoms with Gasteiger partial charge in [-0.1, -0.05) is 24.3 Å². The predicted octanol–water partition coefficient (Wildman–Crippen LogP) is 1.14. The SMILES string of the molecule is Nc1cc2ccc1CNC(=O)c1cccc(n1)C(=O)NC[C@H]1CC[C@@H](CNC(=O)c3cccc(n3)C(=O)NC2)C[C@H]1N. The van der Waals surface area contributed by atoms with Crippen LogP contribution in [0.15, 0.2) is 54.6 Å². The first-order valence-electron chi connectivity index (χ1n) is 14.0. The smallest absolute Gasteiger partial charge is 0.270 e. The average Bonchev–Trinajstić information content (AvgIpc) is 3.01. The molecule has 0 saturated heterocycles. The predicted molar refractivity (Wildman–Crippen MR) is 155 cm³/mol. The van der Waals surface area contributed by atoms with E-state index in [9.17, 15) is 19.2 Å². The van der Waals surface area contributed by atoms with Gasteiger partial charge in [-0.2, -0.15) is 0 Å². The van der Waals surface area contributed by atoms with Crippen molar-refractivity contribution in [2.75, 3.05) is 18.8 Å². The number of carbonyl (C=O) groups excluding carboxylic acids is 4. The number of hydrogen-bond acceptors (Lipinski definition) is 8. The van der Waals surface area contributed by atoms with Gasteiger partial charge in [-0.3, -0.25) is 19.2 Å². The molecule has 0 unspecified atom stereocenters. The number of nitrogens with zero attached hydrogens (tertiary/aromatic N) is 2. The monoisotopic (exact) mass is 570 g/mol. The third-order valence-electron chi connectivity index (χ3n) is 7.76. The van der Waals surface area contributed by atoms with E-state index in [1.807, 2.05) is 0 Å². The first-order valence-corrected chi connectivity index (χ1v) is 14.0. The lowest BCUT2D eigenvalue weighted by molar-refractivity contribution is 0.0908. The molecule has 0 radical (unpaired) electrons. The Bertz CT molecular complexity index is 1510. The van der Waals surface area contributed by atoms with E-state index < -0.39 is 11.8 Å². The first-order chi connectivity index (χ1) is 20.3. The molecule has 1 fully saturated rings. The maximum Gasteiger partial charge on any atom is 0.270 e. The Kier molecular flexibility index (Phi) is 8.72. The van der Waals surface area contributed by atoms with E-state index in [2.05, 4.69) is 31.2 Å². The maximum absolute atomic E-state index is 12.8. The van der Waals surface area contributed by atoms with Gasteiger partial charge in [0.15, 0.2) is 0 Å². The van der Waals surface area contributed by atoms with Crippen LogP contribution in [0.25, 0.3) is 0 Å². The number of nitrogens with one attached hydrogen (secondary N) is 4. The van der Waals surface area contributed by atoms with Crippen LogP contribution in [0, 0.1) is 11.8 Å². The van der Waals surface area contributed by atoms with Crippen LogP contribution < -0.4 is 32.7 Å². The summed E-state index contributed by atoms with van der Waals surface area (Å²) < 4.78 is 0. The number of hydrogen-bond donors (Lipinski definition) is 6. The van der Waals surface area contributed by atoms with Crippen molar-refractivity contribution >= 4 is 29.3 Å². The fourth-order valence-corrected chi connectivity index (χ4v) is 5.27. The van der Waals surface area contributed by atoms with Gasteiger partial charge in [0, 0.05) is 37.9 Å². The average molecular weight is 571 g/mol. The molecule has 42 heavy (non-hydrogen) atoms. The lowest BCUT2D eigenvalue weighted by Gasteiger charge is -2.34. The summed E-state index contributed by atoms with van der Waals surface area (Å²) in [5.41, 5.74) is 15.0. The maximum atomic E-state index is 12.8. The van der Waals surface area contributed by atoms with Crippen molar-refractivity contribution in [2.24, 2.45) is 17.6 Å². The summed E-state index contributed by atoms with van der Waals surface area (Å²) in [6.45, 7) is 1.15. The van der Waals surface area contributed by atoms with Gasteiger partial charge >= 0.3 is 0 Å². The molecule has 12 heteroatoms. The zero-order valence-electron chi connectivity index (χ0n) is 23.1.